The molecule has 0 aliphatic heterocycles. The molecular weight excluding hydrogens is 194 g/mol. The first kappa shape index (κ1) is 9.22. The lowest BCUT2D eigenvalue weighted by Crippen LogP contribution is -1.87. The number of benzene rings is 1. The molecule has 0 atom stereocenters. The Labute approximate surface area is 88.0 Å². The van der Waals surface area contributed by atoms with Gasteiger partial charge in [-0.15, -0.1) is 6.58 Å². The Kier molecular flexibility index (Phi) is 2.51. The van der Waals surface area contributed by atoms with Crippen LogP contribution in [0.25, 0.3) is 10.9 Å². The zero-order chi connectivity index (χ0) is 9.97. The number of halogens is 1. The van der Waals surface area contributed by atoms with E-state index in [4.69, 9.17) is 11.6 Å². The molecule has 0 spiro atoms. The first-order valence-electron chi connectivity index (χ1n) is 4.46. The van der Waals surface area contributed by atoms with E-state index in [1.165, 1.54) is 0 Å². The number of nitrogens with zero attached hydrogens (tertiary/aromatic N) is 1. The van der Waals surface area contributed by atoms with Crippen LogP contribution in [0.2, 0.25) is 5.02 Å². The van der Waals surface area contributed by atoms with Crippen LogP contribution in [0.1, 0.15) is 5.56 Å². The molecule has 0 fully saturated rings. The first-order chi connectivity index (χ1) is 6.83. The normalized spacial score (nSPS) is 10.4. The number of fused-ring (bicyclic) bond motifs is 1. The predicted octanol–water partition coefficient (Wildman–Crippen LogP) is 3.62. The van der Waals surface area contributed by atoms with Crippen LogP contribution < -0.4 is 0 Å². The molecular formula is C12H10ClN. The fraction of sp³-hybridized carbons (Fsp3) is 0.0833. The van der Waals surface area contributed by atoms with Gasteiger partial charge in [-0.2, -0.15) is 0 Å². The van der Waals surface area contributed by atoms with E-state index in [-0.39, 0.29) is 0 Å². The van der Waals surface area contributed by atoms with Crippen molar-refractivity contribution in [3.05, 3.63) is 53.7 Å². The van der Waals surface area contributed by atoms with Gasteiger partial charge < -0.3 is 0 Å². The van der Waals surface area contributed by atoms with Gasteiger partial charge in [0.05, 0.1) is 10.5 Å². The minimum atomic E-state index is 0.761. The molecule has 0 aliphatic rings. The standard InChI is InChI=1S/C12H10ClN/c1-2-5-9-8-14-11-7-4-3-6-10(11)12(9)13/h2-4,6-8H,1,5H2. The number of aromatic nitrogens is 1. The molecule has 0 aliphatic carbocycles. The average Bonchev–Trinajstić information content (AvgIpc) is 2.23. The molecule has 2 aromatic rings. The summed E-state index contributed by atoms with van der Waals surface area (Å²) in [4.78, 5) is 4.33. The smallest absolute Gasteiger partial charge is 0.0717 e. The van der Waals surface area contributed by atoms with E-state index < -0.39 is 0 Å². The van der Waals surface area contributed by atoms with Crippen molar-refractivity contribution in [2.75, 3.05) is 0 Å². The van der Waals surface area contributed by atoms with Crippen LogP contribution in [0, 0.1) is 0 Å². The first-order valence-corrected chi connectivity index (χ1v) is 4.83. The van der Waals surface area contributed by atoms with Gasteiger partial charge in [-0.1, -0.05) is 35.9 Å². The van der Waals surface area contributed by atoms with Crippen molar-refractivity contribution in [2.24, 2.45) is 0 Å². The topological polar surface area (TPSA) is 12.9 Å². The van der Waals surface area contributed by atoms with Gasteiger partial charge >= 0.3 is 0 Å². The average molecular weight is 204 g/mol. The van der Waals surface area contributed by atoms with E-state index in [1.807, 2.05) is 36.5 Å². The quantitative estimate of drug-likeness (QED) is 0.680. The fourth-order valence-electron chi connectivity index (χ4n) is 1.45. The molecule has 2 rings (SSSR count). The van der Waals surface area contributed by atoms with Crippen molar-refractivity contribution in [2.45, 2.75) is 6.42 Å². The van der Waals surface area contributed by atoms with Gasteiger partial charge in [0.2, 0.25) is 0 Å². The Morgan fingerprint density at radius 2 is 2.14 bits per heavy atom. The van der Waals surface area contributed by atoms with Crippen LogP contribution in [0.3, 0.4) is 0 Å². The van der Waals surface area contributed by atoms with Gasteiger partial charge in [0, 0.05) is 11.6 Å². The van der Waals surface area contributed by atoms with Crippen molar-refractivity contribution in [3.8, 4) is 0 Å². The molecule has 70 valence electrons. The second-order valence-electron chi connectivity index (χ2n) is 3.11. The van der Waals surface area contributed by atoms with Gasteiger partial charge in [-0.3, -0.25) is 4.98 Å². The fourth-order valence-corrected chi connectivity index (χ4v) is 1.73. The molecule has 1 heterocycles. The summed E-state index contributed by atoms with van der Waals surface area (Å²) in [6.45, 7) is 3.69. The molecule has 0 saturated carbocycles. The maximum absolute atomic E-state index is 6.23. The van der Waals surface area contributed by atoms with Gasteiger partial charge in [0.1, 0.15) is 0 Å². The van der Waals surface area contributed by atoms with Gasteiger partial charge in [-0.25, -0.2) is 0 Å². The summed E-state index contributed by atoms with van der Waals surface area (Å²) in [7, 11) is 0. The van der Waals surface area contributed by atoms with Crippen molar-refractivity contribution in [1.29, 1.82) is 0 Å². The number of para-hydroxylation sites is 1. The van der Waals surface area contributed by atoms with Gasteiger partial charge in [0.25, 0.3) is 0 Å². The molecule has 1 nitrogen and oxygen atoms in total. The molecule has 0 amide bonds. The van der Waals surface area contributed by atoms with Crippen LogP contribution in [0.5, 0.6) is 0 Å². The third-order valence-electron chi connectivity index (χ3n) is 2.15. The number of pyridine rings is 1. The summed E-state index contributed by atoms with van der Waals surface area (Å²) in [6, 6.07) is 7.86. The maximum Gasteiger partial charge on any atom is 0.0717 e. The Morgan fingerprint density at radius 1 is 1.36 bits per heavy atom. The van der Waals surface area contributed by atoms with Crippen LogP contribution >= 0.6 is 11.6 Å². The summed E-state index contributed by atoms with van der Waals surface area (Å²) in [5.74, 6) is 0. The van der Waals surface area contributed by atoms with E-state index >= 15 is 0 Å². The van der Waals surface area contributed by atoms with E-state index in [0.29, 0.717) is 0 Å². The highest BCUT2D eigenvalue weighted by molar-refractivity contribution is 6.36. The van der Waals surface area contributed by atoms with Gasteiger partial charge in [0.15, 0.2) is 0 Å². The Hall–Kier alpha value is -1.34. The van der Waals surface area contributed by atoms with Crippen LogP contribution in [0.4, 0.5) is 0 Å². The molecule has 14 heavy (non-hydrogen) atoms. The lowest BCUT2D eigenvalue weighted by atomic mass is 10.1. The largest absolute Gasteiger partial charge is 0.256 e. The Bertz CT molecular complexity index is 477. The van der Waals surface area contributed by atoms with E-state index in [0.717, 1.165) is 27.9 Å². The highest BCUT2D eigenvalue weighted by atomic mass is 35.5. The summed E-state index contributed by atoms with van der Waals surface area (Å²) in [5.41, 5.74) is 1.96. The second kappa shape index (κ2) is 3.81. The lowest BCUT2D eigenvalue weighted by molar-refractivity contribution is 1.23. The minimum absolute atomic E-state index is 0.761. The Balaban J connectivity index is 2.68. The zero-order valence-corrected chi connectivity index (χ0v) is 8.46. The number of hydrogen-bond acceptors (Lipinski definition) is 1. The van der Waals surface area contributed by atoms with E-state index in [2.05, 4.69) is 11.6 Å². The summed E-state index contributed by atoms with van der Waals surface area (Å²) in [5, 5.41) is 1.80. The maximum atomic E-state index is 6.23. The van der Waals surface area contributed by atoms with Crippen molar-refractivity contribution in [1.82, 2.24) is 4.98 Å². The highest BCUT2D eigenvalue weighted by Gasteiger charge is 2.04. The van der Waals surface area contributed by atoms with Crippen molar-refractivity contribution >= 4 is 22.5 Å². The van der Waals surface area contributed by atoms with Crippen LogP contribution in [-0.2, 0) is 6.42 Å². The predicted molar refractivity (Wildman–Crippen MR) is 60.7 cm³/mol. The highest BCUT2D eigenvalue weighted by Crippen LogP contribution is 2.25. The van der Waals surface area contributed by atoms with Crippen molar-refractivity contribution in [3.63, 3.8) is 0 Å². The molecule has 0 unspecified atom stereocenters. The molecule has 0 saturated heterocycles. The molecule has 0 N–H and O–H groups in total. The lowest BCUT2D eigenvalue weighted by Gasteiger charge is -2.04. The summed E-state index contributed by atoms with van der Waals surface area (Å²) < 4.78 is 0. The monoisotopic (exact) mass is 203 g/mol. The molecule has 1 aromatic heterocycles. The molecule has 0 radical (unpaired) electrons. The molecule has 1 aromatic carbocycles. The van der Waals surface area contributed by atoms with E-state index in [1.54, 1.807) is 0 Å². The van der Waals surface area contributed by atoms with Crippen LogP contribution in [-0.4, -0.2) is 4.98 Å². The SMILES string of the molecule is C=CCc1cnc2ccccc2c1Cl. The zero-order valence-electron chi connectivity index (χ0n) is 7.70. The number of rotatable bonds is 2. The molecule has 0 bridgehead atoms. The number of hydrogen-bond donors (Lipinski definition) is 0. The third-order valence-corrected chi connectivity index (χ3v) is 2.59. The summed E-state index contributed by atoms with van der Waals surface area (Å²) >= 11 is 6.23. The van der Waals surface area contributed by atoms with Crippen LogP contribution in [0.15, 0.2) is 43.1 Å². The molecule has 2 heteroatoms. The minimum Gasteiger partial charge on any atom is -0.256 e. The third kappa shape index (κ3) is 1.51. The second-order valence-corrected chi connectivity index (χ2v) is 3.49. The summed E-state index contributed by atoms with van der Waals surface area (Å²) in [6.07, 6.45) is 4.40. The van der Waals surface area contributed by atoms with E-state index in [9.17, 15) is 0 Å². The van der Waals surface area contributed by atoms with Gasteiger partial charge in [-0.05, 0) is 18.1 Å². The van der Waals surface area contributed by atoms with Crippen molar-refractivity contribution < 1.29 is 0 Å². The Morgan fingerprint density at radius 3 is 2.93 bits per heavy atom. The number of allylic oxidation sites excluding steroid dienone is 1.